The Morgan fingerprint density at radius 2 is 2.14 bits per heavy atom. The summed E-state index contributed by atoms with van der Waals surface area (Å²) >= 11 is 5.07. The Labute approximate surface area is 142 Å². The molecular weight excluding hydrogens is 368 g/mol. The van der Waals surface area contributed by atoms with E-state index in [1.54, 1.807) is 25.8 Å². The number of Topliss-reactive ketones (excluding diaryl/α,β-unsaturated/α-hetero) is 1. The molecule has 1 aromatic carbocycles. The van der Waals surface area contributed by atoms with Crippen molar-refractivity contribution in [1.29, 1.82) is 0 Å². The number of methoxy groups -OCH3 is 2. The highest BCUT2D eigenvalue weighted by atomic mass is 79.9. The van der Waals surface area contributed by atoms with Crippen LogP contribution < -0.4 is 4.74 Å². The molecule has 118 valence electrons. The highest BCUT2D eigenvalue weighted by molar-refractivity contribution is 9.10. The van der Waals surface area contributed by atoms with Crippen molar-refractivity contribution in [3.63, 3.8) is 0 Å². The van der Waals surface area contributed by atoms with E-state index in [0.29, 0.717) is 12.2 Å². The lowest BCUT2D eigenvalue weighted by molar-refractivity contribution is -0.142. The second-order valence-corrected chi connectivity index (χ2v) is 6.88. The van der Waals surface area contributed by atoms with Crippen LogP contribution >= 0.6 is 27.7 Å². The van der Waals surface area contributed by atoms with Crippen molar-refractivity contribution >= 4 is 45.5 Å². The Kier molecular flexibility index (Phi) is 5.69. The van der Waals surface area contributed by atoms with Crippen LogP contribution in [0.2, 0.25) is 0 Å². The number of rotatable bonds is 4. The van der Waals surface area contributed by atoms with Crippen LogP contribution in [0.15, 0.2) is 21.5 Å². The monoisotopic (exact) mass is 384 g/mol. The van der Waals surface area contributed by atoms with Crippen LogP contribution in [0, 0.1) is 0 Å². The second kappa shape index (κ2) is 7.33. The molecule has 1 fully saturated rings. The molecule has 6 heteroatoms. The first kappa shape index (κ1) is 17.1. The summed E-state index contributed by atoms with van der Waals surface area (Å²) in [4.78, 5) is 24.3. The van der Waals surface area contributed by atoms with Crippen LogP contribution in [0.5, 0.6) is 5.75 Å². The number of halogens is 1. The number of hydrogen-bond donors (Lipinski definition) is 0. The summed E-state index contributed by atoms with van der Waals surface area (Å²) in [7, 11) is 2.92. The van der Waals surface area contributed by atoms with E-state index < -0.39 is 5.92 Å². The van der Waals surface area contributed by atoms with E-state index in [4.69, 9.17) is 9.47 Å². The molecule has 1 unspecified atom stereocenters. The van der Waals surface area contributed by atoms with Gasteiger partial charge in [-0.1, -0.05) is 15.9 Å². The quantitative estimate of drug-likeness (QED) is 0.583. The lowest BCUT2D eigenvalue weighted by Gasteiger charge is -2.16. The van der Waals surface area contributed by atoms with Crippen molar-refractivity contribution in [3.8, 4) is 5.75 Å². The van der Waals surface area contributed by atoms with Crippen molar-refractivity contribution in [2.24, 2.45) is 0 Å². The minimum Gasteiger partial charge on any atom is -0.496 e. The first-order chi connectivity index (χ1) is 10.5. The maximum absolute atomic E-state index is 11.8. The van der Waals surface area contributed by atoms with Gasteiger partial charge >= 0.3 is 5.97 Å². The van der Waals surface area contributed by atoms with Gasteiger partial charge in [0.05, 0.1) is 25.0 Å². The lowest BCUT2D eigenvalue weighted by atomic mass is 9.98. The van der Waals surface area contributed by atoms with E-state index in [1.807, 2.05) is 18.2 Å². The average Bonchev–Trinajstić information content (AvgIpc) is 2.92. The van der Waals surface area contributed by atoms with Crippen molar-refractivity contribution < 1.29 is 19.1 Å². The predicted octanol–water partition coefficient (Wildman–Crippen LogP) is 3.78. The molecule has 1 atom stereocenters. The fourth-order valence-corrected chi connectivity index (χ4v) is 3.69. The molecule has 1 aromatic rings. The highest BCUT2D eigenvalue weighted by Gasteiger charge is 2.22. The predicted molar refractivity (Wildman–Crippen MR) is 91.2 cm³/mol. The summed E-state index contributed by atoms with van der Waals surface area (Å²) < 4.78 is 11.0. The van der Waals surface area contributed by atoms with Gasteiger partial charge in [-0.05, 0) is 30.7 Å². The molecule has 0 spiro atoms. The molecule has 1 heterocycles. The van der Waals surface area contributed by atoms with Gasteiger partial charge in [0.1, 0.15) is 5.75 Å². The van der Waals surface area contributed by atoms with E-state index in [1.165, 1.54) is 7.11 Å². The summed E-state index contributed by atoms with van der Waals surface area (Å²) in [6.45, 7) is 1.77. The molecule has 0 saturated carbocycles. The number of esters is 1. The smallest absolute Gasteiger partial charge is 0.312 e. The number of benzene rings is 1. The van der Waals surface area contributed by atoms with Gasteiger partial charge in [0.15, 0.2) is 5.78 Å². The molecular formula is C16H17BrO4S. The Morgan fingerprint density at radius 1 is 1.41 bits per heavy atom. The number of ketones is 1. The van der Waals surface area contributed by atoms with Crippen molar-refractivity contribution in [1.82, 2.24) is 0 Å². The normalized spacial score (nSPS) is 17.6. The van der Waals surface area contributed by atoms with Crippen LogP contribution in [-0.4, -0.2) is 31.7 Å². The zero-order valence-electron chi connectivity index (χ0n) is 12.6. The molecule has 0 N–H and O–H groups in total. The van der Waals surface area contributed by atoms with Crippen LogP contribution in [0.25, 0.3) is 6.08 Å². The molecule has 0 aromatic heterocycles. The van der Waals surface area contributed by atoms with Gasteiger partial charge in [0.2, 0.25) is 0 Å². The summed E-state index contributed by atoms with van der Waals surface area (Å²) in [6.07, 6.45) is 2.45. The molecule has 22 heavy (non-hydrogen) atoms. The van der Waals surface area contributed by atoms with E-state index in [9.17, 15) is 9.59 Å². The maximum atomic E-state index is 11.8. The molecule has 1 aliphatic heterocycles. The summed E-state index contributed by atoms with van der Waals surface area (Å²) in [6, 6.07) is 3.68. The van der Waals surface area contributed by atoms with Crippen LogP contribution in [0.4, 0.5) is 0 Å². The Hall–Kier alpha value is -1.27. The standard InChI is InChI=1S/C16H17BrO4S/c1-9(16(19)21-3)11-8-12(17)10(6-14(11)20-2)7-15-13(18)4-5-22-15/h6-9H,4-5H2,1-3H3/b15-7-. The zero-order chi connectivity index (χ0) is 16.3. The third-order valence-electron chi connectivity index (χ3n) is 3.52. The van der Waals surface area contributed by atoms with E-state index in [2.05, 4.69) is 15.9 Å². The third kappa shape index (κ3) is 3.55. The van der Waals surface area contributed by atoms with Gasteiger partial charge in [-0.25, -0.2) is 0 Å². The summed E-state index contributed by atoms with van der Waals surface area (Å²) in [5, 5.41) is 0. The number of carbonyl (C=O) groups is 2. The number of hydrogen-bond acceptors (Lipinski definition) is 5. The fourth-order valence-electron chi connectivity index (χ4n) is 2.23. The Bertz CT molecular complexity index is 639. The average molecular weight is 385 g/mol. The summed E-state index contributed by atoms with van der Waals surface area (Å²) in [5.41, 5.74) is 1.60. The minimum absolute atomic E-state index is 0.169. The van der Waals surface area contributed by atoms with Gasteiger partial charge in [-0.15, -0.1) is 11.8 Å². The molecule has 0 aliphatic carbocycles. The molecule has 1 saturated heterocycles. The Morgan fingerprint density at radius 3 is 2.68 bits per heavy atom. The minimum atomic E-state index is -0.430. The lowest BCUT2D eigenvalue weighted by Crippen LogP contribution is -2.12. The second-order valence-electron chi connectivity index (χ2n) is 4.89. The highest BCUT2D eigenvalue weighted by Crippen LogP contribution is 2.36. The maximum Gasteiger partial charge on any atom is 0.312 e. The zero-order valence-corrected chi connectivity index (χ0v) is 15.0. The van der Waals surface area contributed by atoms with Crippen molar-refractivity contribution in [2.75, 3.05) is 20.0 Å². The summed E-state index contributed by atoms with van der Waals surface area (Å²) in [5.74, 6) is 0.848. The molecule has 2 rings (SSSR count). The number of ether oxygens (including phenoxy) is 2. The van der Waals surface area contributed by atoms with Crippen LogP contribution in [0.3, 0.4) is 0 Å². The van der Waals surface area contributed by atoms with Gasteiger partial charge in [-0.2, -0.15) is 0 Å². The topological polar surface area (TPSA) is 52.6 Å². The first-order valence-corrected chi connectivity index (χ1v) is 8.58. The molecule has 0 radical (unpaired) electrons. The van der Waals surface area contributed by atoms with Crippen molar-refractivity contribution in [3.05, 3.63) is 32.6 Å². The van der Waals surface area contributed by atoms with Gasteiger partial charge < -0.3 is 9.47 Å². The largest absolute Gasteiger partial charge is 0.496 e. The van der Waals surface area contributed by atoms with Crippen molar-refractivity contribution in [2.45, 2.75) is 19.3 Å². The SMILES string of the molecule is COC(=O)C(C)c1cc(Br)c(/C=C2\SCCC2=O)cc1OC. The molecule has 4 nitrogen and oxygen atoms in total. The van der Waals surface area contributed by atoms with Gasteiger partial charge in [-0.3, -0.25) is 9.59 Å². The number of carbonyl (C=O) groups excluding carboxylic acids is 2. The molecule has 1 aliphatic rings. The van der Waals surface area contributed by atoms with E-state index in [-0.39, 0.29) is 11.8 Å². The van der Waals surface area contributed by atoms with Crippen LogP contribution in [-0.2, 0) is 14.3 Å². The van der Waals surface area contributed by atoms with Gasteiger partial charge in [0.25, 0.3) is 0 Å². The number of allylic oxidation sites excluding steroid dienone is 1. The third-order valence-corrected chi connectivity index (χ3v) is 5.27. The van der Waals surface area contributed by atoms with Crippen LogP contribution in [0.1, 0.15) is 30.4 Å². The van der Waals surface area contributed by atoms with E-state index in [0.717, 1.165) is 26.3 Å². The van der Waals surface area contributed by atoms with Gasteiger partial charge in [0, 0.05) is 22.2 Å². The first-order valence-electron chi connectivity index (χ1n) is 6.81. The molecule has 0 bridgehead atoms. The fraction of sp³-hybridized carbons (Fsp3) is 0.375. The number of thioether (sulfide) groups is 1. The van der Waals surface area contributed by atoms with E-state index >= 15 is 0 Å². The molecule has 0 amide bonds. The Balaban J connectivity index is 2.43.